The maximum Gasteiger partial charge on any atom is 0.274 e. The van der Waals surface area contributed by atoms with Crippen LogP contribution in [0.3, 0.4) is 0 Å². The number of thiazole rings is 3. The molecule has 37 nitrogen and oxygen atoms in total. The topological polar surface area (TPSA) is 535 Å². The molecule has 15 heterocycles. The number of carbonyl (C=O) groups excluding carboxylic acids is 5. The van der Waals surface area contributed by atoms with Gasteiger partial charge in [-0.25, -0.2) is 29.9 Å². The van der Waals surface area contributed by atoms with Crippen LogP contribution in [0.5, 0.6) is 0 Å². The minimum Gasteiger partial charge on any atom is -0.504 e. The molecule has 2 aliphatic rings. The number of pyridine rings is 4. The molecule has 0 spiro atoms. The second kappa shape index (κ2) is 38.5. The monoisotopic (exact) mass is 1890 g/mol. The van der Waals surface area contributed by atoms with E-state index in [4.69, 9.17) is 21.9 Å². The smallest absolute Gasteiger partial charge is 0.274 e. The van der Waals surface area contributed by atoms with Crippen LogP contribution in [-0.4, -0.2) is 161 Å². The zero-order chi connectivity index (χ0) is 90.3. The third kappa shape index (κ3) is 18.4. The molecule has 0 fully saturated rings. The number of ether oxygens (including phenoxy) is 1. The van der Waals surface area contributed by atoms with Gasteiger partial charge in [-0.2, -0.15) is 5.26 Å². The van der Waals surface area contributed by atoms with E-state index in [-0.39, 0.29) is 93.8 Å². The molecule has 1 atom stereocenters. The number of halogens is 1. The van der Waals surface area contributed by atoms with Gasteiger partial charge < -0.3 is 68.4 Å². The van der Waals surface area contributed by atoms with Crippen molar-refractivity contribution in [2.75, 3.05) is 77.3 Å². The number of nitrogens with one attached hydrogen (secondary N) is 9. The summed E-state index contributed by atoms with van der Waals surface area (Å²) in [7, 11) is 5.41. The lowest BCUT2D eigenvalue weighted by Crippen LogP contribution is -2.28. The number of rotatable bonds is 26. The van der Waals surface area contributed by atoms with E-state index >= 15 is 0 Å². The molecule has 13 aromatic heterocycles. The Morgan fingerprint density at radius 3 is 2.12 bits per heavy atom. The van der Waals surface area contributed by atoms with Crippen LogP contribution in [0.2, 0.25) is 0 Å². The molecule has 44 heteroatoms. The predicted molar refractivity (Wildman–Crippen MR) is 510 cm³/mol. The number of amides is 3. The van der Waals surface area contributed by atoms with E-state index in [1.54, 1.807) is 79.4 Å². The average Bonchev–Trinajstić information content (AvgIpc) is 1.60. The number of methoxy groups -OCH3 is 1. The first-order valence-electron chi connectivity index (χ1n) is 38.9. The molecule has 128 heavy (non-hydrogen) atoms. The number of benzene rings is 2. The summed E-state index contributed by atoms with van der Waals surface area (Å²) < 4.78 is 16.1. The fourth-order valence-corrected chi connectivity index (χ4v) is 19.3. The highest BCUT2D eigenvalue weighted by atomic mass is 79.9. The molecular formula is C84H76BrN27O10S6. The average molecular weight is 1900 g/mol. The fourth-order valence-electron chi connectivity index (χ4n) is 14.0. The number of nitriles is 1. The summed E-state index contributed by atoms with van der Waals surface area (Å²) in [5, 5.41) is 39.5. The number of fused-ring (bicyclic) bond motifs is 7. The maximum atomic E-state index is 14.0. The minimum atomic E-state index is -0.469. The molecule has 17 rings (SSSR count). The van der Waals surface area contributed by atoms with Crippen LogP contribution >= 0.6 is 84.5 Å². The number of aromatic amines is 4. The van der Waals surface area contributed by atoms with Crippen LogP contribution in [-0.2, 0) is 46.6 Å². The number of H-pyrrole nitrogens is 4. The Bertz CT molecular complexity index is 7320. The molecule has 16 N–H and O–H groups in total. The summed E-state index contributed by atoms with van der Waals surface area (Å²) in [6.45, 7) is 9.58. The van der Waals surface area contributed by atoms with Crippen LogP contribution in [0.15, 0.2) is 158 Å². The lowest BCUT2D eigenvalue weighted by atomic mass is 10.1. The number of aliphatic imine (C=N–C) groups is 3. The Balaban J connectivity index is 0.000000148. The van der Waals surface area contributed by atoms with Crippen molar-refractivity contribution < 1.29 is 33.8 Å². The van der Waals surface area contributed by atoms with Gasteiger partial charge in [0.1, 0.15) is 69.9 Å². The van der Waals surface area contributed by atoms with Crippen LogP contribution in [0.4, 0.5) is 53.3 Å². The lowest BCUT2D eigenvalue weighted by Gasteiger charge is -2.18. The van der Waals surface area contributed by atoms with Gasteiger partial charge in [0.15, 0.2) is 26.9 Å². The normalized spacial score (nSPS) is 12.9. The maximum absolute atomic E-state index is 14.0. The highest BCUT2D eigenvalue weighted by molar-refractivity contribution is 9.11. The molecule has 0 saturated carbocycles. The lowest BCUT2D eigenvalue weighted by molar-refractivity contribution is -0.115. The highest BCUT2D eigenvalue weighted by Gasteiger charge is 2.33. The van der Waals surface area contributed by atoms with Crippen LogP contribution in [0.25, 0.3) is 62.0 Å². The summed E-state index contributed by atoms with van der Waals surface area (Å²) >= 11 is 9.86. The Morgan fingerprint density at radius 1 is 0.773 bits per heavy atom. The number of aliphatic hydroxyl groups is 1. The molecule has 1 unspecified atom stereocenters. The number of aliphatic hydroxyl groups excluding tert-OH is 1. The number of para-hydroxylation sites is 1. The van der Waals surface area contributed by atoms with E-state index in [2.05, 4.69) is 123 Å². The first-order valence-corrected chi connectivity index (χ1v) is 44.7. The summed E-state index contributed by atoms with van der Waals surface area (Å²) in [6, 6.07) is 19.1. The molecular weight excluding hydrogens is 1820 g/mol. The summed E-state index contributed by atoms with van der Waals surface area (Å²) in [4.78, 5) is 156. The van der Waals surface area contributed by atoms with Gasteiger partial charge in [0.05, 0.1) is 103 Å². The van der Waals surface area contributed by atoms with Crippen molar-refractivity contribution in [1.29, 1.82) is 5.26 Å². The first kappa shape index (κ1) is 88.3. The number of aryl methyl sites for hydroxylation is 1. The zero-order valence-corrected chi connectivity index (χ0v) is 75.1. The van der Waals surface area contributed by atoms with Gasteiger partial charge in [-0.3, -0.25) is 80.6 Å². The van der Waals surface area contributed by atoms with E-state index in [1.807, 2.05) is 86.7 Å². The van der Waals surface area contributed by atoms with Crippen molar-refractivity contribution in [2.24, 2.45) is 32.2 Å². The molecule has 0 bridgehead atoms. The molecule has 2 aliphatic heterocycles. The van der Waals surface area contributed by atoms with Crippen molar-refractivity contribution in [1.82, 2.24) is 62.1 Å². The SMILES string of the molecule is C=Cc1ncc(C#N)c2c1N(C(=O)c1cnc(Nc3s[nH]c(=O)c3C(N)=NCCc3ccc4c(c3)NC(=O)C4)s1)CC2.CCc1nc(Nc2s[nH]c(=O)c2C(N)=NCc2c[nH]c3ccccc23)sc1C(=O)n1ccc2c(/C=C/Br)cnc(NC(C)=O)c21.CO/C=C/c1cn(C(=O)c2cnc(Nc3s[nH]c(=O)c3C(N)=NC(C)CO)s2)c2cnc3ncc(N(C)C)cc3c12. The van der Waals surface area contributed by atoms with Crippen LogP contribution < -0.4 is 70.3 Å². The zero-order valence-electron chi connectivity index (χ0n) is 68.6. The van der Waals surface area contributed by atoms with Gasteiger partial charge in [0.25, 0.3) is 34.4 Å². The number of aromatic nitrogens is 13. The fraction of sp³-hybridized carbons (Fsp3) is 0.179. The number of anilines is 10. The third-order valence-corrected chi connectivity index (χ3v) is 25.6. The quantitative estimate of drug-likeness (QED) is 0.0136. The summed E-state index contributed by atoms with van der Waals surface area (Å²) in [5.41, 5.74) is 29.7. The van der Waals surface area contributed by atoms with E-state index in [9.17, 15) is 48.7 Å². The Labute approximate surface area is 758 Å². The van der Waals surface area contributed by atoms with Gasteiger partial charge >= 0.3 is 0 Å². The standard InChI is InChI=1S/C30H26BrN9O3S2.C28H23N9O3S2.C26H27N9O4S2/c1-3-20-24(29(43)40-11-9-19-16(8-10-31)12-35-26(23(19)40)36-15(2)41)44-30(37-20)38-28-22(27(42)39-45-28)25(32)34-14-17-13-33-21-7-5-4-6-18(17)21;1-2-18-23-17(16(11-29)12-32-18)6-8-37(23)27(40)20-13-33-28(41-20)35-26-22(25(39)36-42-26)24(30)31-7-5-14-3-4-15-10-21(38)34-19(15)9-14;1-13(12-36)31-21(27)20-23(37)33-41-24(20)32-26-30-10-18(40-26)25(38)35-11-14(5-6-39-4)19-16-7-15(34(2)3)8-28-22(16)29-9-17(19)35/h4-13,33H,3,14H2,1-2H3,(H2,32,34)(H,37,38)(H,39,42)(H,35,36,41);2-4,9,12-13H,1,5-8,10H2,(H2,30,31)(H,33,35)(H,34,38)(H,36,39);5-11,13,36H,12H2,1-4H3,(H2,27,31)(H,30,32)(H,33,37)/b10-8+;;6-5+. The van der Waals surface area contributed by atoms with Crippen molar-refractivity contribution in [2.45, 2.75) is 59.0 Å². The number of nitrogens with zero attached hydrogens (tertiary/aromatic N) is 15. The Kier molecular flexibility index (Phi) is 26.5. The Hall–Kier alpha value is -14.6. The van der Waals surface area contributed by atoms with Gasteiger partial charge in [-0.05, 0) is 131 Å². The van der Waals surface area contributed by atoms with Crippen molar-refractivity contribution in [3.63, 3.8) is 0 Å². The van der Waals surface area contributed by atoms with Gasteiger partial charge in [-0.15, -0.1) is 0 Å². The molecule has 650 valence electrons. The highest BCUT2D eigenvalue weighted by Crippen LogP contribution is 2.40. The van der Waals surface area contributed by atoms with E-state index < -0.39 is 11.6 Å². The van der Waals surface area contributed by atoms with E-state index in [0.29, 0.717) is 123 Å². The van der Waals surface area contributed by atoms with E-state index in [0.717, 1.165) is 140 Å². The van der Waals surface area contributed by atoms with Crippen molar-refractivity contribution in [3.05, 3.63) is 241 Å². The van der Waals surface area contributed by atoms with Crippen LogP contribution in [0, 0.1) is 11.3 Å². The number of nitrogens with two attached hydrogens (primary N) is 3. The molecule has 2 aromatic carbocycles. The third-order valence-electron chi connectivity index (χ3n) is 20.1. The second-order valence-electron chi connectivity index (χ2n) is 28.6. The van der Waals surface area contributed by atoms with Crippen molar-refractivity contribution in [3.8, 4) is 6.07 Å². The number of amidine groups is 3. The molecule has 0 aliphatic carbocycles. The van der Waals surface area contributed by atoms with Gasteiger partial charge in [-0.1, -0.05) is 93.8 Å². The first-order chi connectivity index (χ1) is 61.8. The van der Waals surface area contributed by atoms with Gasteiger partial charge in [0, 0.05) is 109 Å². The number of hydrogen-bond donors (Lipinski definition) is 13. The minimum absolute atomic E-state index is 0.00787. The molecule has 15 aromatic rings. The Morgan fingerprint density at radius 2 is 1.45 bits per heavy atom. The largest absolute Gasteiger partial charge is 0.504 e. The number of hydrogen-bond acceptors (Lipinski definition) is 31. The summed E-state index contributed by atoms with van der Waals surface area (Å²) in [6.07, 6.45) is 23.4. The van der Waals surface area contributed by atoms with Crippen molar-refractivity contribution >= 4 is 247 Å². The second-order valence-corrected chi connectivity index (χ2v) is 34.6. The molecule has 0 radical (unpaired) electrons. The number of carbonyl (C=O) groups is 5. The van der Waals surface area contributed by atoms with E-state index in [1.165, 1.54) is 34.6 Å². The summed E-state index contributed by atoms with van der Waals surface area (Å²) in [5.74, 6) is -0.816. The van der Waals surface area contributed by atoms with Gasteiger partial charge in [0.2, 0.25) is 11.8 Å². The molecule has 0 saturated heterocycles. The van der Waals surface area contributed by atoms with Crippen LogP contribution in [0.1, 0.15) is 117 Å². The molecule has 3 amide bonds. The predicted octanol–water partition coefficient (Wildman–Crippen LogP) is 12.1.